The van der Waals surface area contributed by atoms with E-state index in [9.17, 15) is 4.79 Å². The molecule has 0 radical (unpaired) electrons. The fourth-order valence-corrected chi connectivity index (χ4v) is 2.96. The summed E-state index contributed by atoms with van der Waals surface area (Å²) in [4.78, 5) is 29.0. The number of carbonyl (C=O) groups is 1. The Morgan fingerprint density at radius 3 is 2.88 bits per heavy atom. The van der Waals surface area contributed by atoms with E-state index in [2.05, 4.69) is 20.1 Å². The molecule has 0 spiro atoms. The molecule has 9 heteroatoms. The average Bonchev–Trinajstić information content (AvgIpc) is 3.09. The lowest BCUT2D eigenvalue weighted by atomic mass is 10.2. The Labute approximate surface area is 143 Å². The number of fused-ring (bicyclic) bond motifs is 1. The van der Waals surface area contributed by atoms with E-state index >= 15 is 0 Å². The highest BCUT2D eigenvalue weighted by molar-refractivity contribution is 5.97. The maximum Gasteiger partial charge on any atom is 0.254 e. The van der Waals surface area contributed by atoms with Crippen LogP contribution in [0.1, 0.15) is 5.69 Å². The highest BCUT2D eigenvalue weighted by Crippen LogP contribution is 2.23. The van der Waals surface area contributed by atoms with Crippen LogP contribution in [0.15, 0.2) is 30.7 Å². The molecule has 3 aromatic rings. The van der Waals surface area contributed by atoms with Gasteiger partial charge in [-0.05, 0) is 13.0 Å². The first-order chi connectivity index (χ1) is 12.2. The molecule has 0 N–H and O–H groups in total. The van der Waals surface area contributed by atoms with Crippen LogP contribution >= 0.6 is 0 Å². The van der Waals surface area contributed by atoms with Gasteiger partial charge >= 0.3 is 0 Å². The Morgan fingerprint density at radius 1 is 1.20 bits per heavy atom. The second-order valence-electron chi connectivity index (χ2n) is 5.75. The molecule has 4 rings (SSSR count). The molecule has 128 valence electrons. The van der Waals surface area contributed by atoms with Gasteiger partial charge in [-0.15, -0.1) is 0 Å². The first-order valence-electron chi connectivity index (χ1n) is 7.88. The molecule has 4 heterocycles. The zero-order valence-corrected chi connectivity index (χ0v) is 14.0. The Morgan fingerprint density at radius 2 is 2.08 bits per heavy atom. The van der Waals surface area contributed by atoms with Crippen LogP contribution in [0, 0.1) is 6.92 Å². The minimum absolute atomic E-state index is 0.00207. The van der Waals surface area contributed by atoms with E-state index in [0.717, 1.165) is 17.2 Å². The molecule has 0 saturated carbocycles. The molecule has 0 bridgehead atoms. The van der Waals surface area contributed by atoms with E-state index in [-0.39, 0.29) is 12.5 Å². The standard InChI is InChI=1S/C16H17N7O2/c1-11-7-14(23-16(20-11)18-10-19-23)21-5-6-22(15(24)9-21)12-3-4-17-13(8-12)25-2/h3-4,7-8,10H,5-6,9H2,1-2H3. The van der Waals surface area contributed by atoms with Crippen molar-refractivity contribution in [3.63, 3.8) is 0 Å². The quantitative estimate of drug-likeness (QED) is 0.693. The molecule has 25 heavy (non-hydrogen) atoms. The van der Waals surface area contributed by atoms with Crippen molar-refractivity contribution < 1.29 is 9.53 Å². The summed E-state index contributed by atoms with van der Waals surface area (Å²) < 4.78 is 6.80. The van der Waals surface area contributed by atoms with Gasteiger partial charge in [0.2, 0.25) is 11.8 Å². The van der Waals surface area contributed by atoms with Crippen LogP contribution in [0.4, 0.5) is 11.5 Å². The second-order valence-corrected chi connectivity index (χ2v) is 5.75. The number of nitrogens with zero attached hydrogens (tertiary/aromatic N) is 7. The molecule has 0 aromatic carbocycles. The lowest BCUT2D eigenvalue weighted by Crippen LogP contribution is -2.51. The predicted molar refractivity (Wildman–Crippen MR) is 90.9 cm³/mol. The number of rotatable bonds is 3. The molecular formula is C16H17N7O2. The largest absolute Gasteiger partial charge is 0.481 e. The Kier molecular flexibility index (Phi) is 3.68. The van der Waals surface area contributed by atoms with Crippen LogP contribution in [0.5, 0.6) is 5.88 Å². The first kappa shape index (κ1) is 15.3. The Bertz CT molecular complexity index is 939. The van der Waals surface area contributed by atoms with Crippen LogP contribution in [-0.2, 0) is 4.79 Å². The minimum Gasteiger partial charge on any atom is -0.481 e. The monoisotopic (exact) mass is 339 g/mol. The Hall–Kier alpha value is -3.23. The number of amides is 1. The maximum absolute atomic E-state index is 12.7. The highest BCUT2D eigenvalue weighted by atomic mass is 16.5. The first-order valence-corrected chi connectivity index (χ1v) is 7.88. The van der Waals surface area contributed by atoms with Crippen LogP contribution in [0.3, 0.4) is 0 Å². The zero-order chi connectivity index (χ0) is 17.4. The van der Waals surface area contributed by atoms with Gasteiger partial charge in [0.25, 0.3) is 5.78 Å². The smallest absolute Gasteiger partial charge is 0.254 e. The molecule has 0 aliphatic carbocycles. The average molecular weight is 339 g/mol. The summed E-state index contributed by atoms with van der Waals surface area (Å²) in [5.74, 6) is 1.84. The van der Waals surface area contributed by atoms with Crippen LogP contribution < -0.4 is 14.5 Å². The van der Waals surface area contributed by atoms with E-state index in [4.69, 9.17) is 4.74 Å². The van der Waals surface area contributed by atoms with Crippen molar-refractivity contribution in [1.29, 1.82) is 0 Å². The van der Waals surface area contributed by atoms with Gasteiger partial charge in [-0.2, -0.15) is 14.6 Å². The van der Waals surface area contributed by atoms with Crippen LogP contribution in [0.2, 0.25) is 0 Å². The van der Waals surface area contributed by atoms with E-state index < -0.39 is 0 Å². The number of pyridine rings is 1. The summed E-state index contributed by atoms with van der Waals surface area (Å²) in [5.41, 5.74) is 1.62. The van der Waals surface area contributed by atoms with Gasteiger partial charge in [0.05, 0.1) is 19.3 Å². The SMILES string of the molecule is COc1cc(N2CCN(c3cc(C)nc4ncnn34)CC2=O)ccn1. The molecular weight excluding hydrogens is 322 g/mol. The predicted octanol–water partition coefficient (Wildman–Crippen LogP) is 0.690. The number of aryl methyl sites for hydroxylation is 1. The molecule has 1 aliphatic heterocycles. The van der Waals surface area contributed by atoms with E-state index in [1.165, 1.54) is 6.33 Å². The summed E-state index contributed by atoms with van der Waals surface area (Å²) in [6, 6.07) is 5.49. The van der Waals surface area contributed by atoms with E-state index in [1.807, 2.05) is 24.0 Å². The number of ether oxygens (including phenoxy) is 1. The van der Waals surface area contributed by atoms with Crippen molar-refractivity contribution in [3.8, 4) is 5.88 Å². The number of hydrogen-bond donors (Lipinski definition) is 0. The maximum atomic E-state index is 12.7. The number of carbonyl (C=O) groups excluding carboxylic acids is 1. The number of anilines is 2. The van der Waals surface area contributed by atoms with Crippen molar-refractivity contribution in [3.05, 3.63) is 36.4 Å². The van der Waals surface area contributed by atoms with Gasteiger partial charge in [-0.1, -0.05) is 0 Å². The molecule has 1 aliphatic rings. The van der Waals surface area contributed by atoms with Crippen LogP contribution in [0.25, 0.3) is 5.78 Å². The Balaban J connectivity index is 1.60. The fourth-order valence-electron chi connectivity index (χ4n) is 2.96. The molecule has 9 nitrogen and oxygen atoms in total. The van der Waals surface area contributed by atoms with E-state index in [1.54, 1.807) is 28.8 Å². The van der Waals surface area contributed by atoms with Gasteiger partial charge in [-0.25, -0.2) is 9.97 Å². The fraction of sp³-hybridized carbons (Fsp3) is 0.312. The van der Waals surface area contributed by atoms with Crippen molar-refractivity contribution >= 4 is 23.2 Å². The summed E-state index contributed by atoms with van der Waals surface area (Å²) in [6.45, 7) is 3.39. The summed E-state index contributed by atoms with van der Waals surface area (Å²) in [5, 5.41) is 4.21. The molecule has 3 aromatic heterocycles. The molecule has 1 fully saturated rings. The molecule has 1 saturated heterocycles. The number of hydrogen-bond acceptors (Lipinski definition) is 7. The third-order valence-corrected chi connectivity index (χ3v) is 4.15. The third kappa shape index (κ3) is 2.73. The van der Waals surface area contributed by atoms with Crippen molar-refractivity contribution in [1.82, 2.24) is 24.6 Å². The molecule has 0 atom stereocenters. The number of aromatic nitrogens is 5. The topological polar surface area (TPSA) is 88.8 Å². The van der Waals surface area contributed by atoms with Crippen molar-refractivity contribution in [2.45, 2.75) is 6.92 Å². The van der Waals surface area contributed by atoms with Crippen LogP contribution in [-0.4, -0.2) is 57.2 Å². The van der Waals surface area contributed by atoms with Crippen molar-refractivity contribution in [2.75, 3.05) is 36.5 Å². The van der Waals surface area contributed by atoms with Gasteiger partial charge in [0.1, 0.15) is 12.1 Å². The zero-order valence-electron chi connectivity index (χ0n) is 14.0. The number of piperazine rings is 1. The lowest BCUT2D eigenvalue weighted by molar-refractivity contribution is -0.117. The minimum atomic E-state index is 0.00207. The summed E-state index contributed by atoms with van der Waals surface area (Å²) in [6.07, 6.45) is 3.10. The van der Waals surface area contributed by atoms with Gasteiger partial charge < -0.3 is 14.5 Å². The third-order valence-electron chi connectivity index (χ3n) is 4.15. The number of methoxy groups -OCH3 is 1. The van der Waals surface area contributed by atoms with Gasteiger partial charge in [0, 0.05) is 37.1 Å². The molecule has 0 unspecified atom stereocenters. The normalized spacial score (nSPS) is 15.0. The van der Waals surface area contributed by atoms with E-state index in [0.29, 0.717) is 24.7 Å². The summed E-state index contributed by atoms with van der Waals surface area (Å²) in [7, 11) is 1.56. The summed E-state index contributed by atoms with van der Waals surface area (Å²) >= 11 is 0. The van der Waals surface area contributed by atoms with Gasteiger partial charge in [-0.3, -0.25) is 4.79 Å². The molecule has 1 amide bonds. The second kappa shape index (κ2) is 6.00. The van der Waals surface area contributed by atoms with Gasteiger partial charge in [0.15, 0.2) is 0 Å². The van der Waals surface area contributed by atoms with Crippen molar-refractivity contribution in [2.24, 2.45) is 0 Å². The highest BCUT2D eigenvalue weighted by Gasteiger charge is 2.27. The lowest BCUT2D eigenvalue weighted by Gasteiger charge is -2.35.